The second kappa shape index (κ2) is 5.62. The Kier molecular flexibility index (Phi) is 4.11. The average Bonchev–Trinajstić information content (AvgIpc) is 2.85. The number of hydrogen-bond donors (Lipinski definition) is 0. The highest BCUT2D eigenvalue weighted by Crippen LogP contribution is 2.16. The second-order valence-corrected chi connectivity index (χ2v) is 6.82. The summed E-state index contributed by atoms with van der Waals surface area (Å²) in [5.74, 6) is -0.101. The molecule has 0 saturated carbocycles. The third-order valence-electron chi connectivity index (χ3n) is 2.44. The molecule has 0 unspecified atom stereocenters. The first kappa shape index (κ1) is 13.9. The summed E-state index contributed by atoms with van der Waals surface area (Å²) in [6, 6.07) is 6.43. The molecule has 0 aliphatic heterocycles. The van der Waals surface area contributed by atoms with E-state index in [1.165, 1.54) is 23.0 Å². The van der Waals surface area contributed by atoms with E-state index in [-0.39, 0.29) is 22.9 Å². The Morgan fingerprint density at radius 2 is 1.95 bits per heavy atom. The topological polar surface area (TPSA) is 81.9 Å². The minimum atomic E-state index is -3.37. The van der Waals surface area contributed by atoms with Crippen molar-refractivity contribution in [3.8, 4) is 0 Å². The summed E-state index contributed by atoms with van der Waals surface area (Å²) in [6.45, 7) is 0.152. The highest BCUT2D eigenvalue weighted by Gasteiger charge is 2.14. The van der Waals surface area contributed by atoms with Crippen LogP contribution in [0.3, 0.4) is 0 Å². The van der Waals surface area contributed by atoms with Crippen LogP contribution >= 0.6 is 15.9 Å². The van der Waals surface area contributed by atoms with Crippen LogP contribution in [0.1, 0.15) is 10.5 Å². The normalized spacial score (nSPS) is 11.4. The predicted octanol–water partition coefficient (Wildman–Crippen LogP) is 1.33. The van der Waals surface area contributed by atoms with E-state index in [0.29, 0.717) is 6.29 Å². The number of carbonyl (C=O) groups excluding carboxylic acids is 1. The van der Waals surface area contributed by atoms with Gasteiger partial charge in [0.2, 0.25) is 0 Å². The summed E-state index contributed by atoms with van der Waals surface area (Å²) >= 11 is 3.25. The highest BCUT2D eigenvalue weighted by molar-refractivity contribution is 9.10. The Morgan fingerprint density at radius 3 is 2.53 bits per heavy atom. The fraction of sp³-hybridized carbons (Fsp3) is 0.182. The van der Waals surface area contributed by atoms with Gasteiger partial charge in [-0.1, -0.05) is 21.1 Å². The van der Waals surface area contributed by atoms with E-state index in [1.807, 2.05) is 0 Å². The van der Waals surface area contributed by atoms with Crippen molar-refractivity contribution in [2.24, 2.45) is 0 Å². The zero-order chi connectivity index (χ0) is 13.9. The van der Waals surface area contributed by atoms with Crippen molar-refractivity contribution < 1.29 is 13.2 Å². The van der Waals surface area contributed by atoms with Crippen LogP contribution in [0, 0.1) is 0 Å². The Hall–Kier alpha value is -1.54. The fourth-order valence-corrected chi connectivity index (χ4v) is 2.93. The molecular formula is C11H10BrN3O3S. The van der Waals surface area contributed by atoms with Gasteiger partial charge < -0.3 is 0 Å². The minimum absolute atomic E-state index is 0.101. The number of aromatic nitrogens is 3. The SMILES string of the molecule is O=Cc1cn(CCS(=O)(=O)c2ccc(Br)cc2)nn1. The first-order chi connectivity index (χ1) is 9.01. The lowest BCUT2D eigenvalue weighted by Crippen LogP contribution is -2.13. The van der Waals surface area contributed by atoms with E-state index in [4.69, 9.17) is 0 Å². The largest absolute Gasteiger partial charge is 0.296 e. The van der Waals surface area contributed by atoms with Crippen LogP contribution in [0.5, 0.6) is 0 Å². The standard InChI is InChI=1S/C11H10BrN3O3S/c12-9-1-3-11(4-2-9)19(17,18)6-5-15-7-10(8-16)13-14-15/h1-4,7-8H,5-6H2. The third-order valence-corrected chi connectivity index (χ3v) is 4.68. The van der Waals surface area contributed by atoms with Crippen LogP contribution in [0.25, 0.3) is 0 Å². The van der Waals surface area contributed by atoms with Gasteiger partial charge in [-0.3, -0.25) is 9.48 Å². The first-order valence-electron chi connectivity index (χ1n) is 5.35. The first-order valence-corrected chi connectivity index (χ1v) is 7.79. The number of carbonyl (C=O) groups is 1. The van der Waals surface area contributed by atoms with Gasteiger partial charge in [-0.15, -0.1) is 5.10 Å². The van der Waals surface area contributed by atoms with Crippen LogP contribution < -0.4 is 0 Å². The maximum atomic E-state index is 12.0. The lowest BCUT2D eigenvalue weighted by atomic mass is 10.4. The van der Waals surface area contributed by atoms with E-state index < -0.39 is 9.84 Å². The quantitative estimate of drug-likeness (QED) is 0.765. The number of hydrogen-bond acceptors (Lipinski definition) is 5. The number of nitrogens with zero attached hydrogens (tertiary/aromatic N) is 3. The molecule has 1 aromatic carbocycles. The fourth-order valence-electron chi connectivity index (χ4n) is 1.45. The predicted molar refractivity (Wildman–Crippen MR) is 71.6 cm³/mol. The molecule has 100 valence electrons. The van der Waals surface area contributed by atoms with Gasteiger partial charge >= 0.3 is 0 Å². The Balaban J connectivity index is 2.09. The van der Waals surface area contributed by atoms with Crippen molar-refractivity contribution in [1.29, 1.82) is 0 Å². The molecule has 0 bridgehead atoms. The van der Waals surface area contributed by atoms with Gasteiger partial charge in [0.25, 0.3) is 0 Å². The van der Waals surface area contributed by atoms with Gasteiger partial charge in [-0.05, 0) is 24.3 Å². The molecule has 2 rings (SSSR count). The maximum Gasteiger partial charge on any atom is 0.180 e. The molecule has 1 aromatic heterocycles. The number of aryl methyl sites for hydroxylation is 1. The lowest BCUT2D eigenvalue weighted by molar-refractivity contribution is 0.111. The molecule has 0 radical (unpaired) electrons. The molecule has 8 heteroatoms. The number of sulfone groups is 1. The summed E-state index contributed by atoms with van der Waals surface area (Å²) in [5.41, 5.74) is 0.182. The summed E-state index contributed by atoms with van der Waals surface area (Å²) in [7, 11) is -3.37. The molecule has 0 atom stereocenters. The van der Waals surface area contributed by atoms with Gasteiger partial charge in [-0.2, -0.15) is 0 Å². The van der Waals surface area contributed by atoms with Crippen molar-refractivity contribution in [2.75, 3.05) is 5.75 Å². The van der Waals surface area contributed by atoms with Crippen LogP contribution in [-0.2, 0) is 16.4 Å². The van der Waals surface area contributed by atoms with Gasteiger partial charge in [0, 0.05) is 4.47 Å². The average molecular weight is 344 g/mol. The van der Waals surface area contributed by atoms with Crippen molar-refractivity contribution >= 4 is 32.1 Å². The summed E-state index contributed by atoms with van der Waals surface area (Å²) in [6.07, 6.45) is 1.97. The van der Waals surface area contributed by atoms with Crippen LogP contribution in [0.15, 0.2) is 39.8 Å². The number of rotatable bonds is 5. The Morgan fingerprint density at radius 1 is 1.26 bits per heavy atom. The Labute approximate surface area is 118 Å². The van der Waals surface area contributed by atoms with Crippen molar-refractivity contribution in [1.82, 2.24) is 15.0 Å². The highest BCUT2D eigenvalue weighted by atomic mass is 79.9. The lowest BCUT2D eigenvalue weighted by Gasteiger charge is -2.04. The number of aldehydes is 1. The molecule has 0 spiro atoms. The van der Waals surface area contributed by atoms with Gasteiger partial charge in [0.15, 0.2) is 16.1 Å². The van der Waals surface area contributed by atoms with Crippen LogP contribution in [-0.4, -0.2) is 35.5 Å². The summed E-state index contributed by atoms with van der Waals surface area (Å²) in [4.78, 5) is 10.7. The number of benzene rings is 1. The molecular weight excluding hydrogens is 334 g/mol. The van der Waals surface area contributed by atoms with Crippen LogP contribution in [0.4, 0.5) is 0 Å². The van der Waals surface area contributed by atoms with Gasteiger partial charge in [-0.25, -0.2) is 8.42 Å². The van der Waals surface area contributed by atoms with Gasteiger partial charge in [0.05, 0.1) is 23.4 Å². The van der Waals surface area contributed by atoms with E-state index in [1.54, 1.807) is 12.1 Å². The molecule has 0 fully saturated rings. The molecule has 0 aliphatic carbocycles. The zero-order valence-electron chi connectivity index (χ0n) is 9.73. The molecule has 2 aromatic rings. The maximum absolute atomic E-state index is 12.0. The van der Waals surface area contributed by atoms with Crippen molar-refractivity contribution in [2.45, 2.75) is 11.4 Å². The summed E-state index contributed by atoms with van der Waals surface area (Å²) in [5, 5.41) is 7.22. The third kappa shape index (κ3) is 3.48. The Bertz CT molecular complexity index is 679. The van der Waals surface area contributed by atoms with E-state index >= 15 is 0 Å². The molecule has 0 aliphatic rings. The number of halogens is 1. The van der Waals surface area contributed by atoms with E-state index in [0.717, 1.165) is 4.47 Å². The minimum Gasteiger partial charge on any atom is -0.296 e. The molecule has 0 saturated heterocycles. The van der Waals surface area contributed by atoms with E-state index in [9.17, 15) is 13.2 Å². The molecule has 1 heterocycles. The van der Waals surface area contributed by atoms with Gasteiger partial charge in [0.1, 0.15) is 5.69 Å². The smallest absolute Gasteiger partial charge is 0.180 e. The van der Waals surface area contributed by atoms with Crippen LogP contribution in [0.2, 0.25) is 0 Å². The molecule has 6 nitrogen and oxygen atoms in total. The molecule has 0 amide bonds. The van der Waals surface area contributed by atoms with E-state index in [2.05, 4.69) is 26.2 Å². The van der Waals surface area contributed by atoms with Crippen molar-refractivity contribution in [3.05, 3.63) is 40.6 Å². The second-order valence-electron chi connectivity index (χ2n) is 3.80. The monoisotopic (exact) mass is 343 g/mol. The molecule has 0 N–H and O–H groups in total. The molecule has 19 heavy (non-hydrogen) atoms. The summed E-state index contributed by atoms with van der Waals surface area (Å²) < 4.78 is 26.2. The zero-order valence-corrected chi connectivity index (χ0v) is 12.1. The van der Waals surface area contributed by atoms with Crippen molar-refractivity contribution in [3.63, 3.8) is 0 Å².